The van der Waals surface area contributed by atoms with Crippen molar-refractivity contribution in [3.63, 3.8) is 0 Å². The van der Waals surface area contributed by atoms with Crippen LogP contribution in [0.2, 0.25) is 5.15 Å². The smallest absolute Gasteiger partial charge is 0.410 e. The number of likely N-dealkylation sites (tertiary alicyclic amines) is 1. The number of amides is 1. The lowest BCUT2D eigenvalue weighted by Crippen LogP contribution is -2.45. The molecule has 3 atom stereocenters. The number of ether oxygens (including phenoxy) is 2. The maximum atomic E-state index is 15.2. The monoisotopic (exact) mass is 564 g/mol. The fourth-order valence-electron chi connectivity index (χ4n) is 6.16. The van der Waals surface area contributed by atoms with Gasteiger partial charge in [0.1, 0.15) is 23.5 Å². The van der Waals surface area contributed by atoms with Gasteiger partial charge in [0, 0.05) is 26.3 Å². The highest BCUT2D eigenvalue weighted by molar-refractivity contribution is 6.30. The van der Waals surface area contributed by atoms with E-state index in [-0.39, 0.29) is 47.0 Å². The fourth-order valence-corrected chi connectivity index (χ4v) is 6.30. The Bertz CT molecular complexity index is 1300. The van der Waals surface area contributed by atoms with E-state index in [4.69, 9.17) is 26.1 Å². The van der Waals surface area contributed by atoms with Crippen LogP contribution in [0.3, 0.4) is 0 Å². The summed E-state index contributed by atoms with van der Waals surface area (Å²) in [5.41, 5.74) is -0.183. The van der Waals surface area contributed by atoms with E-state index < -0.39 is 11.4 Å². The lowest BCUT2D eigenvalue weighted by atomic mass is 9.94. The Kier molecular flexibility index (Phi) is 7.34. The van der Waals surface area contributed by atoms with Gasteiger partial charge in [-0.1, -0.05) is 11.6 Å². The molecule has 39 heavy (non-hydrogen) atoms. The number of halogens is 3. The summed E-state index contributed by atoms with van der Waals surface area (Å²) < 4.78 is 40.2. The summed E-state index contributed by atoms with van der Waals surface area (Å²) in [5, 5.41) is 0.0963. The van der Waals surface area contributed by atoms with Crippen molar-refractivity contribution in [1.29, 1.82) is 0 Å². The molecule has 12 heteroatoms. The number of nitrogens with zero attached hydrogens (tertiary/aromatic N) is 6. The van der Waals surface area contributed by atoms with Gasteiger partial charge in [-0.15, -0.1) is 0 Å². The zero-order valence-corrected chi connectivity index (χ0v) is 23.8. The number of hydrogen-bond donors (Lipinski definition) is 0. The average molecular weight is 565 g/mol. The third-order valence-electron chi connectivity index (χ3n) is 8.09. The fraction of sp³-hybridized carbons (Fsp3) is 0.630. The van der Waals surface area contributed by atoms with Crippen LogP contribution < -0.4 is 9.64 Å². The van der Waals surface area contributed by atoms with E-state index in [1.165, 1.54) is 6.20 Å². The van der Waals surface area contributed by atoms with E-state index in [2.05, 4.69) is 14.9 Å². The molecule has 0 bridgehead atoms. The quantitative estimate of drug-likeness (QED) is 0.463. The number of carbonyl (C=O) groups is 1. The maximum absolute atomic E-state index is 15.2. The summed E-state index contributed by atoms with van der Waals surface area (Å²) in [7, 11) is 1.85. The van der Waals surface area contributed by atoms with Gasteiger partial charge >= 0.3 is 12.1 Å². The second-order valence-corrected chi connectivity index (χ2v) is 12.2. The van der Waals surface area contributed by atoms with Crippen molar-refractivity contribution in [2.45, 2.75) is 76.6 Å². The van der Waals surface area contributed by atoms with Crippen LogP contribution in [0.25, 0.3) is 10.9 Å². The molecular formula is C27H35ClF2N6O3. The van der Waals surface area contributed by atoms with E-state index in [0.29, 0.717) is 43.5 Å². The average Bonchev–Trinajstić information content (AvgIpc) is 3.55. The molecule has 1 amide bonds. The highest BCUT2D eigenvalue weighted by Gasteiger charge is 2.47. The summed E-state index contributed by atoms with van der Waals surface area (Å²) in [6, 6.07) is -0.308. The summed E-state index contributed by atoms with van der Waals surface area (Å²) in [6.45, 7) is 9.68. The van der Waals surface area contributed by atoms with Crippen molar-refractivity contribution in [2.24, 2.45) is 0 Å². The Morgan fingerprint density at radius 3 is 2.82 bits per heavy atom. The molecule has 5 heterocycles. The molecule has 1 unspecified atom stereocenters. The number of likely N-dealkylation sites (N-methyl/N-ethyl adjacent to an activating group) is 1. The number of hydrogen-bond acceptors (Lipinski definition) is 8. The first-order chi connectivity index (χ1) is 18.4. The Labute approximate surface area is 232 Å². The Morgan fingerprint density at radius 1 is 1.33 bits per heavy atom. The molecule has 3 aliphatic heterocycles. The van der Waals surface area contributed by atoms with Crippen LogP contribution in [0, 0.1) is 5.82 Å². The number of aromatic nitrogens is 3. The Morgan fingerprint density at radius 2 is 2.10 bits per heavy atom. The molecule has 2 aromatic rings. The van der Waals surface area contributed by atoms with Crippen molar-refractivity contribution in [3.05, 3.63) is 29.1 Å². The SMILES string of the molecule is C[C@@H]1[C@H](N(C)c2nc(OCC34CCCN3C/C(=C\F)C4)nc3c(F)c(Cl)ncc23)CCN1C(=O)OC(C)(C)C. The van der Waals surface area contributed by atoms with Gasteiger partial charge in [-0.3, -0.25) is 4.90 Å². The molecule has 9 nitrogen and oxygen atoms in total. The highest BCUT2D eigenvalue weighted by Crippen LogP contribution is 2.42. The number of pyridine rings is 1. The minimum absolute atomic E-state index is 0.00745. The molecule has 3 fully saturated rings. The van der Waals surface area contributed by atoms with E-state index in [1.807, 2.05) is 39.6 Å². The van der Waals surface area contributed by atoms with Crippen molar-refractivity contribution in [1.82, 2.24) is 24.8 Å². The molecule has 0 aliphatic carbocycles. The lowest BCUT2D eigenvalue weighted by molar-refractivity contribution is 0.0233. The predicted molar refractivity (Wildman–Crippen MR) is 144 cm³/mol. The van der Waals surface area contributed by atoms with E-state index >= 15 is 4.39 Å². The minimum atomic E-state index is -0.755. The lowest BCUT2D eigenvalue weighted by Gasteiger charge is -2.33. The van der Waals surface area contributed by atoms with E-state index in [0.717, 1.165) is 25.0 Å². The summed E-state index contributed by atoms with van der Waals surface area (Å²) in [4.78, 5) is 31.7. The number of fused-ring (bicyclic) bond motifs is 2. The number of rotatable bonds is 5. The van der Waals surface area contributed by atoms with Gasteiger partial charge in [0.25, 0.3) is 0 Å². The predicted octanol–water partition coefficient (Wildman–Crippen LogP) is 5.12. The van der Waals surface area contributed by atoms with Crippen molar-refractivity contribution in [3.8, 4) is 6.01 Å². The molecule has 0 N–H and O–H groups in total. The van der Waals surface area contributed by atoms with Gasteiger partial charge in [0.15, 0.2) is 11.0 Å². The van der Waals surface area contributed by atoms with Crippen LogP contribution in [0.1, 0.15) is 53.4 Å². The molecular weight excluding hydrogens is 530 g/mol. The molecule has 0 saturated carbocycles. The molecule has 3 saturated heterocycles. The molecule has 0 aromatic carbocycles. The standard InChI is InChI=1S/C27H35ClF2N6O3/c1-16-19(7-10-36(16)25(37)39-26(2,3)4)34(5)23-18-13-31-22(28)20(30)21(18)32-24(33-23)38-15-27-8-6-9-35(27)14-17(11-27)12-29/h12-13,16,19H,6-11,14-15H2,1-5H3/b17-12-/t16-,19-,27?/m1/s1. The van der Waals surface area contributed by atoms with Gasteiger partial charge < -0.3 is 19.3 Å². The maximum Gasteiger partial charge on any atom is 0.410 e. The van der Waals surface area contributed by atoms with Crippen LogP contribution in [0.5, 0.6) is 6.01 Å². The zero-order chi connectivity index (χ0) is 28.1. The number of anilines is 1. The van der Waals surface area contributed by atoms with Crippen LogP contribution in [-0.4, -0.2) is 87.4 Å². The summed E-state index contributed by atoms with van der Waals surface area (Å²) in [6.07, 6.45) is 4.88. The Hall–Kier alpha value is -2.79. The molecule has 3 aliphatic rings. The first kappa shape index (κ1) is 27.8. The Balaban J connectivity index is 1.44. The largest absolute Gasteiger partial charge is 0.461 e. The minimum Gasteiger partial charge on any atom is -0.461 e. The number of carbonyl (C=O) groups excluding carboxylic acids is 1. The van der Waals surface area contributed by atoms with Crippen LogP contribution in [0.15, 0.2) is 18.1 Å². The van der Waals surface area contributed by atoms with Gasteiger partial charge in [0.2, 0.25) is 0 Å². The summed E-state index contributed by atoms with van der Waals surface area (Å²) >= 11 is 6.01. The van der Waals surface area contributed by atoms with Crippen LogP contribution in [-0.2, 0) is 4.74 Å². The van der Waals surface area contributed by atoms with Gasteiger partial charge in [-0.05, 0) is 65.5 Å². The van der Waals surface area contributed by atoms with E-state index in [9.17, 15) is 9.18 Å². The van der Waals surface area contributed by atoms with Gasteiger partial charge in [0.05, 0.1) is 29.3 Å². The van der Waals surface area contributed by atoms with Crippen molar-refractivity contribution in [2.75, 3.05) is 38.2 Å². The molecule has 212 valence electrons. The van der Waals surface area contributed by atoms with Crippen LogP contribution in [0.4, 0.5) is 19.4 Å². The highest BCUT2D eigenvalue weighted by atomic mass is 35.5. The van der Waals surface area contributed by atoms with Gasteiger partial charge in [-0.25, -0.2) is 18.6 Å². The molecule has 5 rings (SSSR count). The van der Waals surface area contributed by atoms with E-state index in [1.54, 1.807) is 4.90 Å². The molecule has 2 aromatic heterocycles. The second-order valence-electron chi connectivity index (χ2n) is 11.8. The van der Waals surface area contributed by atoms with Gasteiger partial charge in [-0.2, -0.15) is 9.97 Å². The van der Waals surface area contributed by atoms with Crippen LogP contribution >= 0.6 is 11.6 Å². The topological polar surface area (TPSA) is 83.9 Å². The first-order valence-corrected chi connectivity index (χ1v) is 13.7. The van der Waals surface area contributed by atoms with Crippen molar-refractivity contribution >= 4 is 34.4 Å². The second kappa shape index (κ2) is 10.3. The molecule has 0 spiro atoms. The first-order valence-electron chi connectivity index (χ1n) is 13.3. The zero-order valence-electron chi connectivity index (χ0n) is 23.0. The molecule has 0 radical (unpaired) electrons. The normalized spacial score (nSPS) is 26.5. The van der Waals surface area contributed by atoms with Crippen molar-refractivity contribution < 1.29 is 23.0 Å². The summed E-state index contributed by atoms with van der Waals surface area (Å²) in [5.74, 6) is -0.326. The third-order valence-corrected chi connectivity index (χ3v) is 8.35. The third kappa shape index (κ3) is 5.23.